The van der Waals surface area contributed by atoms with Crippen molar-refractivity contribution >= 4 is 5.91 Å². The van der Waals surface area contributed by atoms with Crippen LogP contribution in [-0.4, -0.2) is 37.5 Å². The molecule has 1 aliphatic heterocycles. The Morgan fingerprint density at radius 3 is 2.73 bits per heavy atom. The lowest BCUT2D eigenvalue weighted by atomic mass is 9.94. The first-order valence-corrected chi connectivity index (χ1v) is 7.60. The molecule has 2 aromatic heterocycles. The van der Waals surface area contributed by atoms with E-state index >= 15 is 0 Å². The molecule has 1 atom stereocenters. The minimum Gasteiger partial charge on any atom is -0.332 e. The number of rotatable bonds is 2. The number of nitrogens with zero attached hydrogens (tertiary/aromatic N) is 4. The number of H-pyrrole nitrogens is 1. The third kappa shape index (κ3) is 2.73. The minimum atomic E-state index is -0.378. The Labute approximate surface area is 130 Å². The molecular weight excluding hydrogens is 278 g/mol. The van der Waals surface area contributed by atoms with Gasteiger partial charge in [-0.2, -0.15) is 5.10 Å². The second kappa shape index (κ2) is 5.51. The standard InChI is InChI=1S/C16H21N5O/c1-16(2,3)15(22)21-10-4-5-12(21)14-18-13(19-20-14)11-6-8-17-9-7-11/h6-9,12H,4-5,10H2,1-3H3,(H,18,19,20)/t12-/m0/s1. The summed E-state index contributed by atoms with van der Waals surface area (Å²) >= 11 is 0. The summed E-state index contributed by atoms with van der Waals surface area (Å²) < 4.78 is 0. The number of carbonyl (C=O) groups is 1. The van der Waals surface area contributed by atoms with Gasteiger partial charge < -0.3 is 4.90 Å². The highest BCUT2D eigenvalue weighted by Crippen LogP contribution is 2.34. The molecule has 1 saturated heterocycles. The number of amides is 1. The molecule has 6 heteroatoms. The van der Waals surface area contributed by atoms with Crippen LogP contribution in [0.3, 0.4) is 0 Å². The first-order valence-electron chi connectivity index (χ1n) is 7.60. The molecule has 0 radical (unpaired) electrons. The predicted octanol–water partition coefficient (Wildman–Crippen LogP) is 2.58. The zero-order valence-corrected chi connectivity index (χ0v) is 13.2. The first kappa shape index (κ1) is 14.7. The molecule has 0 unspecified atom stereocenters. The van der Waals surface area contributed by atoms with Crippen LogP contribution in [0.4, 0.5) is 0 Å². The Hall–Kier alpha value is -2.24. The zero-order chi connectivity index (χ0) is 15.7. The molecule has 1 amide bonds. The predicted molar refractivity (Wildman–Crippen MR) is 82.8 cm³/mol. The van der Waals surface area contributed by atoms with E-state index in [1.165, 1.54) is 0 Å². The molecule has 0 spiro atoms. The number of aromatic nitrogens is 4. The average molecular weight is 299 g/mol. The van der Waals surface area contributed by atoms with Crippen LogP contribution >= 0.6 is 0 Å². The number of nitrogens with one attached hydrogen (secondary N) is 1. The number of hydrogen-bond donors (Lipinski definition) is 1. The Morgan fingerprint density at radius 1 is 1.32 bits per heavy atom. The first-order chi connectivity index (χ1) is 10.5. The van der Waals surface area contributed by atoms with Gasteiger partial charge in [0.25, 0.3) is 0 Å². The van der Waals surface area contributed by atoms with Crippen LogP contribution in [0.1, 0.15) is 45.5 Å². The molecule has 0 aliphatic carbocycles. The highest BCUT2D eigenvalue weighted by molar-refractivity contribution is 5.82. The lowest BCUT2D eigenvalue weighted by Gasteiger charge is -2.29. The van der Waals surface area contributed by atoms with E-state index in [0.717, 1.165) is 30.8 Å². The van der Waals surface area contributed by atoms with E-state index in [4.69, 9.17) is 0 Å². The summed E-state index contributed by atoms with van der Waals surface area (Å²) in [5.74, 6) is 1.58. The monoisotopic (exact) mass is 299 g/mol. The smallest absolute Gasteiger partial charge is 0.228 e. The SMILES string of the molecule is CC(C)(C)C(=O)N1CCC[C@H]1c1nc(-c2ccncc2)n[nH]1. The van der Waals surface area contributed by atoms with E-state index in [1.807, 2.05) is 37.8 Å². The fourth-order valence-electron chi connectivity index (χ4n) is 2.78. The summed E-state index contributed by atoms with van der Waals surface area (Å²) in [7, 11) is 0. The fraction of sp³-hybridized carbons (Fsp3) is 0.500. The third-order valence-corrected chi connectivity index (χ3v) is 3.91. The maximum atomic E-state index is 12.6. The van der Waals surface area contributed by atoms with Crippen molar-refractivity contribution in [2.24, 2.45) is 5.41 Å². The molecule has 1 fully saturated rings. The molecule has 22 heavy (non-hydrogen) atoms. The number of carbonyl (C=O) groups excluding carboxylic acids is 1. The molecule has 6 nitrogen and oxygen atoms in total. The van der Waals surface area contributed by atoms with Crippen molar-refractivity contribution in [1.82, 2.24) is 25.1 Å². The Kier molecular flexibility index (Phi) is 3.68. The molecule has 116 valence electrons. The second-order valence-electron chi connectivity index (χ2n) is 6.69. The van der Waals surface area contributed by atoms with E-state index in [2.05, 4.69) is 20.2 Å². The van der Waals surface area contributed by atoms with E-state index < -0.39 is 0 Å². The van der Waals surface area contributed by atoms with Crippen LogP contribution in [0.5, 0.6) is 0 Å². The van der Waals surface area contributed by atoms with Gasteiger partial charge in [-0.15, -0.1) is 0 Å². The molecule has 0 aromatic carbocycles. The van der Waals surface area contributed by atoms with E-state index in [0.29, 0.717) is 5.82 Å². The lowest BCUT2D eigenvalue weighted by Crippen LogP contribution is -2.39. The number of aromatic amines is 1. The highest BCUT2D eigenvalue weighted by Gasteiger charge is 2.37. The summed E-state index contributed by atoms with van der Waals surface area (Å²) in [6.07, 6.45) is 5.36. The zero-order valence-electron chi connectivity index (χ0n) is 13.2. The number of hydrogen-bond acceptors (Lipinski definition) is 4. The lowest BCUT2D eigenvalue weighted by molar-refractivity contribution is -0.140. The van der Waals surface area contributed by atoms with Crippen molar-refractivity contribution in [3.63, 3.8) is 0 Å². The Balaban J connectivity index is 1.85. The molecule has 1 aliphatic rings. The highest BCUT2D eigenvalue weighted by atomic mass is 16.2. The summed E-state index contributed by atoms with van der Waals surface area (Å²) in [6.45, 7) is 6.64. The van der Waals surface area contributed by atoms with Gasteiger partial charge in [0.15, 0.2) is 5.82 Å². The largest absolute Gasteiger partial charge is 0.332 e. The van der Waals surface area contributed by atoms with Crippen molar-refractivity contribution < 1.29 is 4.79 Å². The molecular formula is C16H21N5O. The van der Waals surface area contributed by atoms with Gasteiger partial charge in [-0.05, 0) is 25.0 Å². The quantitative estimate of drug-likeness (QED) is 0.925. The van der Waals surface area contributed by atoms with Gasteiger partial charge in [0.05, 0.1) is 6.04 Å². The normalized spacial score (nSPS) is 18.7. The van der Waals surface area contributed by atoms with E-state index in [9.17, 15) is 4.79 Å². The molecule has 1 N–H and O–H groups in total. The Morgan fingerprint density at radius 2 is 2.05 bits per heavy atom. The van der Waals surface area contributed by atoms with Crippen molar-refractivity contribution in [3.8, 4) is 11.4 Å². The summed E-state index contributed by atoms with van der Waals surface area (Å²) in [5.41, 5.74) is 0.542. The van der Waals surface area contributed by atoms with Gasteiger partial charge in [-0.1, -0.05) is 20.8 Å². The van der Waals surface area contributed by atoms with Crippen LogP contribution < -0.4 is 0 Å². The van der Waals surface area contributed by atoms with Crippen LogP contribution in [-0.2, 0) is 4.79 Å². The van der Waals surface area contributed by atoms with Gasteiger partial charge in [-0.3, -0.25) is 14.9 Å². The molecule has 3 rings (SSSR count). The maximum absolute atomic E-state index is 12.6. The number of likely N-dealkylation sites (tertiary alicyclic amines) is 1. The van der Waals surface area contributed by atoms with Gasteiger partial charge in [0.2, 0.25) is 5.91 Å². The Bertz CT molecular complexity index is 659. The van der Waals surface area contributed by atoms with Crippen LogP contribution in [0.15, 0.2) is 24.5 Å². The van der Waals surface area contributed by atoms with Gasteiger partial charge in [-0.25, -0.2) is 4.98 Å². The van der Waals surface area contributed by atoms with Crippen molar-refractivity contribution in [2.45, 2.75) is 39.7 Å². The molecule has 2 aromatic rings. The van der Waals surface area contributed by atoms with Crippen molar-refractivity contribution in [3.05, 3.63) is 30.4 Å². The van der Waals surface area contributed by atoms with Crippen LogP contribution in [0.2, 0.25) is 0 Å². The molecule has 0 bridgehead atoms. The maximum Gasteiger partial charge on any atom is 0.228 e. The van der Waals surface area contributed by atoms with Crippen LogP contribution in [0, 0.1) is 5.41 Å². The fourth-order valence-corrected chi connectivity index (χ4v) is 2.78. The number of pyridine rings is 1. The summed E-state index contributed by atoms with van der Waals surface area (Å²) in [6, 6.07) is 3.74. The van der Waals surface area contributed by atoms with Gasteiger partial charge in [0, 0.05) is 29.9 Å². The summed E-state index contributed by atoms with van der Waals surface area (Å²) in [5, 5.41) is 7.29. The van der Waals surface area contributed by atoms with E-state index in [-0.39, 0.29) is 17.4 Å². The summed E-state index contributed by atoms with van der Waals surface area (Å²) in [4.78, 5) is 23.1. The minimum absolute atomic E-state index is 0.00480. The van der Waals surface area contributed by atoms with Crippen molar-refractivity contribution in [2.75, 3.05) is 6.54 Å². The molecule has 3 heterocycles. The average Bonchev–Trinajstić information content (AvgIpc) is 3.15. The second-order valence-corrected chi connectivity index (χ2v) is 6.69. The van der Waals surface area contributed by atoms with Gasteiger partial charge in [0.1, 0.15) is 5.82 Å². The van der Waals surface area contributed by atoms with E-state index in [1.54, 1.807) is 12.4 Å². The topological polar surface area (TPSA) is 74.8 Å². The van der Waals surface area contributed by atoms with Crippen LogP contribution in [0.25, 0.3) is 11.4 Å². The third-order valence-electron chi connectivity index (χ3n) is 3.91. The van der Waals surface area contributed by atoms with Gasteiger partial charge >= 0.3 is 0 Å². The van der Waals surface area contributed by atoms with Crippen molar-refractivity contribution in [1.29, 1.82) is 0 Å². The molecule has 0 saturated carbocycles.